The normalized spacial score (nSPS) is 16.3. The van der Waals surface area contributed by atoms with Gasteiger partial charge in [0.1, 0.15) is 16.2 Å². The van der Waals surface area contributed by atoms with Crippen molar-refractivity contribution in [1.82, 2.24) is 30.2 Å². The Bertz CT molecular complexity index is 1380. The summed E-state index contributed by atoms with van der Waals surface area (Å²) in [5.41, 5.74) is 0.185. The van der Waals surface area contributed by atoms with Crippen molar-refractivity contribution >= 4 is 34.7 Å². The number of aromatic nitrogens is 4. The van der Waals surface area contributed by atoms with Crippen LogP contribution >= 0.6 is 11.8 Å². The number of amides is 3. The van der Waals surface area contributed by atoms with Crippen molar-refractivity contribution in [3.63, 3.8) is 0 Å². The number of hydrogen-bond acceptors (Lipinski definition) is 7. The third-order valence-corrected chi connectivity index (χ3v) is 6.90. The SMILES string of the molecule is CC(Sc1nc(C2CC2)nc2c1c(=O)[nH]c(=O)n2C1CC1)C(=O)NC(=O)NCc1ccccc1. The minimum Gasteiger partial charge on any atom is -0.334 e. The van der Waals surface area contributed by atoms with Crippen molar-refractivity contribution in [2.75, 3.05) is 0 Å². The van der Waals surface area contributed by atoms with Crippen LogP contribution in [0.15, 0.2) is 44.9 Å². The predicted octanol–water partition coefficient (Wildman–Crippen LogP) is 2.20. The van der Waals surface area contributed by atoms with Gasteiger partial charge in [-0.2, -0.15) is 0 Å². The zero-order valence-corrected chi connectivity index (χ0v) is 19.4. The van der Waals surface area contributed by atoms with Crippen LogP contribution in [0.2, 0.25) is 0 Å². The topological polar surface area (TPSA) is 139 Å². The Labute approximate surface area is 198 Å². The smallest absolute Gasteiger partial charge is 0.330 e. The summed E-state index contributed by atoms with van der Waals surface area (Å²) in [7, 11) is 0. The molecule has 3 N–H and O–H groups in total. The van der Waals surface area contributed by atoms with Gasteiger partial charge in [-0.05, 0) is 38.2 Å². The van der Waals surface area contributed by atoms with E-state index in [1.807, 2.05) is 30.3 Å². The van der Waals surface area contributed by atoms with Crippen LogP contribution in [0.4, 0.5) is 4.79 Å². The fourth-order valence-electron chi connectivity index (χ4n) is 3.67. The Morgan fingerprint density at radius 3 is 2.56 bits per heavy atom. The van der Waals surface area contributed by atoms with Crippen molar-refractivity contribution in [3.05, 3.63) is 62.6 Å². The van der Waals surface area contributed by atoms with E-state index >= 15 is 0 Å². The number of aromatic amines is 1. The number of imide groups is 1. The van der Waals surface area contributed by atoms with Gasteiger partial charge in [-0.15, -0.1) is 0 Å². The second-order valence-corrected chi connectivity index (χ2v) is 9.97. The molecule has 34 heavy (non-hydrogen) atoms. The number of hydrogen-bond donors (Lipinski definition) is 3. The van der Waals surface area contributed by atoms with Crippen LogP contribution < -0.4 is 21.9 Å². The third kappa shape index (κ3) is 4.74. The Kier molecular flexibility index (Phi) is 5.94. The van der Waals surface area contributed by atoms with Crippen molar-refractivity contribution in [2.45, 2.75) is 61.4 Å². The highest BCUT2D eigenvalue weighted by molar-refractivity contribution is 8.00. The summed E-state index contributed by atoms with van der Waals surface area (Å²) in [5, 5.41) is 4.82. The minimum absolute atomic E-state index is 0.0145. The van der Waals surface area contributed by atoms with Gasteiger partial charge < -0.3 is 5.32 Å². The average molecular weight is 481 g/mol. The maximum atomic E-state index is 12.7. The molecule has 0 saturated heterocycles. The number of carbonyl (C=O) groups is 2. The molecular weight excluding hydrogens is 456 g/mol. The highest BCUT2D eigenvalue weighted by Gasteiger charge is 2.33. The fraction of sp³-hybridized carbons (Fsp3) is 0.391. The van der Waals surface area contributed by atoms with Crippen molar-refractivity contribution in [2.24, 2.45) is 0 Å². The number of nitrogens with zero attached hydrogens (tertiary/aromatic N) is 3. The monoisotopic (exact) mass is 480 g/mol. The molecule has 0 aliphatic heterocycles. The van der Waals surface area contributed by atoms with E-state index in [1.54, 1.807) is 6.92 Å². The van der Waals surface area contributed by atoms with E-state index in [1.165, 1.54) is 4.57 Å². The zero-order chi connectivity index (χ0) is 23.8. The quantitative estimate of drug-likeness (QED) is 0.348. The van der Waals surface area contributed by atoms with Gasteiger partial charge in [0.2, 0.25) is 5.91 Å². The molecule has 1 atom stereocenters. The summed E-state index contributed by atoms with van der Waals surface area (Å²) in [6, 6.07) is 8.77. The van der Waals surface area contributed by atoms with Crippen molar-refractivity contribution < 1.29 is 9.59 Å². The molecule has 2 aliphatic carbocycles. The molecule has 2 aromatic heterocycles. The van der Waals surface area contributed by atoms with E-state index in [0.29, 0.717) is 16.5 Å². The van der Waals surface area contributed by atoms with Crippen LogP contribution in [0.3, 0.4) is 0 Å². The van der Waals surface area contributed by atoms with E-state index in [0.717, 1.165) is 43.0 Å². The summed E-state index contributed by atoms with van der Waals surface area (Å²) in [5.74, 6) is 0.267. The number of urea groups is 1. The maximum absolute atomic E-state index is 12.7. The Balaban J connectivity index is 1.37. The number of fused-ring (bicyclic) bond motifs is 1. The second-order valence-electron chi connectivity index (χ2n) is 8.64. The first-order chi connectivity index (χ1) is 16.4. The van der Waals surface area contributed by atoms with Crippen LogP contribution in [0.5, 0.6) is 0 Å². The van der Waals surface area contributed by atoms with Crippen LogP contribution in [-0.4, -0.2) is 36.7 Å². The van der Waals surface area contributed by atoms with Crippen LogP contribution in [0.1, 0.15) is 56.0 Å². The van der Waals surface area contributed by atoms with E-state index in [2.05, 4.69) is 25.6 Å². The molecule has 1 aromatic carbocycles. The predicted molar refractivity (Wildman–Crippen MR) is 127 cm³/mol. The maximum Gasteiger partial charge on any atom is 0.330 e. The minimum atomic E-state index is -0.715. The standard InChI is InChI=1S/C23H24N6O4S/c1-12(19(30)27-22(32)24-11-13-5-3-2-4-6-13)34-21-16-18(25-17(26-21)14-7-8-14)29(15-9-10-15)23(33)28-20(16)31/h2-6,12,14-15H,7-11H2,1H3,(H,28,31,33)(H2,24,27,30,32). The molecule has 5 rings (SSSR count). The first kappa shape index (κ1) is 22.3. The molecule has 2 fully saturated rings. The Morgan fingerprint density at radius 1 is 1.15 bits per heavy atom. The molecule has 2 saturated carbocycles. The van der Waals surface area contributed by atoms with Crippen LogP contribution in [-0.2, 0) is 11.3 Å². The van der Waals surface area contributed by atoms with Crippen LogP contribution in [0, 0.1) is 0 Å². The van der Waals surface area contributed by atoms with Crippen molar-refractivity contribution in [1.29, 1.82) is 0 Å². The lowest BCUT2D eigenvalue weighted by Crippen LogP contribution is -2.42. The lowest BCUT2D eigenvalue weighted by atomic mass is 10.2. The first-order valence-electron chi connectivity index (χ1n) is 11.3. The van der Waals surface area contributed by atoms with E-state index in [-0.39, 0.29) is 23.9 Å². The molecule has 0 radical (unpaired) electrons. The number of thioether (sulfide) groups is 1. The molecule has 3 amide bonds. The highest BCUT2D eigenvalue weighted by atomic mass is 32.2. The molecule has 2 heterocycles. The summed E-state index contributed by atoms with van der Waals surface area (Å²) in [4.78, 5) is 61.6. The molecule has 0 spiro atoms. The molecule has 0 bridgehead atoms. The molecule has 2 aliphatic rings. The molecular formula is C23H24N6O4S. The molecule has 10 nitrogen and oxygen atoms in total. The molecule has 1 unspecified atom stereocenters. The van der Waals surface area contributed by atoms with Gasteiger partial charge in [-0.1, -0.05) is 42.1 Å². The number of H-pyrrole nitrogens is 1. The van der Waals surface area contributed by atoms with Gasteiger partial charge in [0.25, 0.3) is 5.56 Å². The number of nitrogens with one attached hydrogen (secondary N) is 3. The molecule has 176 valence electrons. The van der Waals surface area contributed by atoms with Crippen LogP contribution in [0.25, 0.3) is 11.0 Å². The van der Waals surface area contributed by atoms with Gasteiger partial charge >= 0.3 is 11.7 Å². The number of benzene rings is 1. The fourth-order valence-corrected chi connectivity index (χ4v) is 4.62. The lowest BCUT2D eigenvalue weighted by Gasteiger charge is -2.15. The lowest BCUT2D eigenvalue weighted by molar-refractivity contribution is -0.119. The second kappa shape index (κ2) is 9.05. The average Bonchev–Trinajstić information content (AvgIpc) is 3.71. The van der Waals surface area contributed by atoms with Crippen molar-refractivity contribution in [3.8, 4) is 0 Å². The van der Waals surface area contributed by atoms with E-state index in [4.69, 9.17) is 0 Å². The van der Waals surface area contributed by atoms with Gasteiger partial charge in [0.05, 0.1) is 5.25 Å². The number of rotatable bonds is 7. The van der Waals surface area contributed by atoms with Gasteiger partial charge in [0, 0.05) is 18.5 Å². The molecule has 11 heteroatoms. The van der Waals surface area contributed by atoms with E-state index < -0.39 is 28.4 Å². The summed E-state index contributed by atoms with van der Waals surface area (Å²) >= 11 is 1.08. The van der Waals surface area contributed by atoms with Gasteiger partial charge in [0.15, 0.2) is 5.65 Å². The third-order valence-electron chi connectivity index (χ3n) is 5.81. The number of carbonyl (C=O) groups excluding carboxylic acids is 2. The highest BCUT2D eigenvalue weighted by Crippen LogP contribution is 2.41. The largest absolute Gasteiger partial charge is 0.334 e. The molecule has 3 aromatic rings. The Hall–Kier alpha value is -3.47. The summed E-state index contributed by atoms with van der Waals surface area (Å²) < 4.78 is 1.54. The first-order valence-corrected chi connectivity index (χ1v) is 12.1. The van der Waals surface area contributed by atoms with E-state index in [9.17, 15) is 19.2 Å². The summed E-state index contributed by atoms with van der Waals surface area (Å²) in [6.07, 6.45) is 3.60. The Morgan fingerprint density at radius 2 is 1.88 bits per heavy atom. The zero-order valence-electron chi connectivity index (χ0n) is 18.5. The summed E-state index contributed by atoms with van der Waals surface area (Å²) in [6.45, 7) is 1.93. The van der Waals surface area contributed by atoms with Gasteiger partial charge in [-0.25, -0.2) is 19.6 Å². The van der Waals surface area contributed by atoms with Gasteiger partial charge in [-0.3, -0.25) is 24.5 Å².